The Bertz CT molecular complexity index is 1760. The largest absolute Gasteiger partial charge is 0.497 e. The molecule has 198 valence electrons. The van der Waals surface area contributed by atoms with Gasteiger partial charge in [0.25, 0.3) is 5.56 Å². The van der Waals surface area contributed by atoms with Crippen LogP contribution in [0.3, 0.4) is 0 Å². The first-order valence-electron chi connectivity index (χ1n) is 11.9. The molecule has 39 heavy (non-hydrogen) atoms. The number of cyclic esters (lactones) is 1. The van der Waals surface area contributed by atoms with Crippen LogP contribution in [-0.2, 0) is 28.9 Å². The number of fused-ring (bicyclic) bond motifs is 5. The molecule has 2 aromatic carbocycles. The molecule has 0 saturated heterocycles. The van der Waals surface area contributed by atoms with Gasteiger partial charge < -0.3 is 19.1 Å². The summed E-state index contributed by atoms with van der Waals surface area (Å²) in [5.74, 6) is -0.738. The Labute approximate surface area is 218 Å². The number of esters is 1. The number of ether oxygens (including phenoxy) is 2. The zero-order valence-electron chi connectivity index (χ0n) is 20.3. The number of aliphatic hydroxyl groups is 1. The molecule has 1 N–H and O–H groups in total. The number of benzene rings is 2. The highest BCUT2D eigenvalue weighted by atomic mass is 19.4. The first kappa shape index (κ1) is 24.8. The molecule has 0 saturated carbocycles. The fraction of sp³-hybridized carbons (Fsp3) is 0.214. The Morgan fingerprint density at radius 3 is 2.54 bits per heavy atom. The van der Waals surface area contributed by atoms with Crippen LogP contribution >= 0.6 is 0 Å². The summed E-state index contributed by atoms with van der Waals surface area (Å²) in [5.41, 5.74) is 0.691. The fourth-order valence-corrected chi connectivity index (χ4v) is 5.13. The Morgan fingerprint density at radius 2 is 1.85 bits per heavy atom. The van der Waals surface area contributed by atoms with Gasteiger partial charge in [0, 0.05) is 22.1 Å². The van der Waals surface area contributed by atoms with Crippen LogP contribution in [0.25, 0.3) is 22.3 Å². The highest BCUT2D eigenvalue weighted by Gasteiger charge is 2.34. The summed E-state index contributed by atoms with van der Waals surface area (Å²) in [6.45, 7) is -0.354. The van der Waals surface area contributed by atoms with Gasteiger partial charge in [-0.1, -0.05) is 12.1 Å². The van der Waals surface area contributed by atoms with E-state index < -0.39 is 35.2 Å². The average molecular weight is 536 g/mol. The van der Waals surface area contributed by atoms with E-state index in [0.717, 1.165) is 24.3 Å². The second-order valence-electron chi connectivity index (χ2n) is 9.34. The highest BCUT2D eigenvalue weighted by molar-refractivity contribution is 6.18. The number of nitrogens with zero attached hydrogens (tertiary/aromatic N) is 2. The second kappa shape index (κ2) is 8.77. The van der Waals surface area contributed by atoms with Crippen LogP contribution in [0.5, 0.6) is 5.75 Å². The molecule has 0 aliphatic carbocycles. The molecule has 4 aromatic rings. The van der Waals surface area contributed by atoms with Gasteiger partial charge in [0.15, 0.2) is 5.78 Å². The molecule has 1 atom stereocenters. The third-order valence-corrected chi connectivity index (χ3v) is 7.08. The molecular weight excluding hydrogens is 517 g/mol. The number of halogens is 3. The number of aromatic nitrogens is 2. The third-order valence-electron chi connectivity index (χ3n) is 7.08. The van der Waals surface area contributed by atoms with Gasteiger partial charge in [-0.3, -0.25) is 14.4 Å². The zero-order valence-corrected chi connectivity index (χ0v) is 20.3. The van der Waals surface area contributed by atoms with E-state index in [-0.39, 0.29) is 41.8 Å². The van der Waals surface area contributed by atoms with Crippen molar-refractivity contribution in [2.75, 3.05) is 7.11 Å². The standard InChI is InChI=1S/C28H19F3N2O6/c1-38-15-6-7-20-17(8-15)24(26(36)13-2-4-14(5-3-13)28(29,30)31)18-11-33-21(25(18)32-20)9-16-19(27(33)37)12-39-23(35)10-22(16)34/h2-9,22,34H,10-12H2,1H3. The fourth-order valence-electron chi connectivity index (χ4n) is 5.13. The molecule has 2 aliphatic heterocycles. The Kier molecular flexibility index (Phi) is 5.58. The van der Waals surface area contributed by atoms with Crippen molar-refractivity contribution in [2.45, 2.75) is 31.9 Å². The van der Waals surface area contributed by atoms with E-state index >= 15 is 0 Å². The van der Waals surface area contributed by atoms with Crippen molar-refractivity contribution in [3.05, 3.63) is 92.3 Å². The van der Waals surface area contributed by atoms with E-state index in [1.807, 2.05) is 0 Å². The maximum absolute atomic E-state index is 13.9. The van der Waals surface area contributed by atoms with Crippen LogP contribution in [0.2, 0.25) is 0 Å². The van der Waals surface area contributed by atoms with E-state index in [2.05, 4.69) is 0 Å². The number of hydrogen-bond acceptors (Lipinski definition) is 7. The van der Waals surface area contributed by atoms with Crippen LogP contribution in [0.1, 0.15) is 50.7 Å². The average Bonchev–Trinajstić information content (AvgIpc) is 3.20. The van der Waals surface area contributed by atoms with Gasteiger partial charge in [-0.15, -0.1) is 0 Å². The number of methoxy groups -OCH3 is 1. The minimum Gasteiger partial charge on any atom is -0.497 e. The SMILES string of the molecule is COc1ccc2nc3c(c(C(=O)c4ccc(C(F)(F)F)cc4)c2c1)Cn1c-3cc2c(c1=O)COC(=O)CC2O. The maximum Gasteiger partial charge on any atom is 0.416 e. The number of alkyl halides is 3. The molecule has 4 heterocycles. The van der Waals surface area contributed by atoms with Crippen LogP contribution in [0.4, 0.5) is 13.2 Å². The molecule has 6 rings (SSSR count). The van der Waals surface area contributed by atoms with E-state index in [0.29, 0.717) is 33.6 Å². The molecule has 11 heteroatoms. The van der Waals surface area contributed by atoms with Gasteiger partial charge in [-0.25, -0.2) is 4.98 Å². The summed E-state index contributed by atoms with van der Waals surface area (Å²) in [6, 6.07) is 10.4. The van der Waals surface area contributed by atoms with Crippen LogP contribution < -0.4 is 10.3 Å². The molecule has 0 radical (unpaired) electrons. The summed E-state index contributed by atoms with van der Waals surface area (Å²) in [6.07, 6.45) is -6.12. The molecule has 0 fully saturated rings. The van der Waals surface area contributed by atoms with Crippen molar-refractivity contribution >= 4 is 22.7 Å². The number of aliphatic hydroxyl groups excluding tert-OH is 1. The zero-order chi connectivity index (χ0) is 27.6. The van der Waals surface area contributed by atoms with Crippen LogP contribution in [-0.4, -0.2) is 33.5 Å². The molecule has 2 aliphatic rings. The minimum absolute atomic E-state index is 0.0296. The first-order valence-corrected chi connectivity index (χ1v) is 11.9. The topological polar surface area (TPSA) is 108 Å². The lowest BCUT2D eigenvalue weighted by Gasteiger charge is -2.13. The number of rotatable bonds is 3. The lowest BCUT2D eigenvalue weighted by Crippen LogP contribution is -2.25. The van der Waals surface area contributed by atoms with E-state index in [1.54, 1.807) is 24.3 Å². The van der Waals surface area contributed by atoms with Gasteiger partial charge in [0.05, 0.1) is 54.2 Å². The Hall–Kier alpha value is -4.51. The number of carbonyl (C=O) groups excluding carboxylic acids is 2. The monoisotopic (exact) mass is 536 g/mol. The van der Waals surface area contributed by atoms with Crippen molar-refractivity contribution in [1.29, 1.82) is 0 Å². The lowest BCUT2D eigenvalue weighted by molar-refractivity contribution is -0.146. The molecule has 0 spiro atoms. The van der Waals surface area contributed by atoms with E-state index in [4.69, 9.17) is 14.5 Å². The van der Waals surface area contributed by atoms with Gasteiger partial charge in [-0.05, 0) is 42.0 Å². The third kappa shape index (κ3) is 3.97. The molecule has 8 nitrogen and oxygen atoms in total. The number of pyridine rings is 2. The second-order valence-corrected chi connectivity index (χ2v) is 9.34. The Morgan fingerprint density at radius 1 is 1.10 bits per heavy atom. The summed E-state index contributed by atoms with van der Waals surface area (Å²) < 4.78 is 51.2. The number of hydrogen-bond donors (Lipinski definition) is 1. The first-order chi connectivity index (χ1) is 18.6. The number of carbonyl (C=O) groups is 2. The Balaban J connectivity index is 1.58. The van der Waals surface area contributed by atoms with Gasteiger partial charge in [0.1, 0.15) is 12.4 Å². The molecular formula is C28H19F3N2O6. The van der Waals surface area contributed by atoms with Crippen molar-refractivity contribution < 1.29 is 37.3 Å². The van der Waals surface area contributed by atoms with Gasteiger partial charge in [0.2, 0.25) is 0 Å². The normalized spacial score (nSPS) is 16.2. The van der Waals surface area contributed by atoms with Crippen molar-refractivity contribution in [1.82, 2.24) is 9.55 Å². The molecule has 0 bridgehead atoms. The van der Waals surface area contributed by atoms with E-state index in [9.17, 15) is 32.7 Å². The highest BCUT2D eigenvalue weighted by Crippen LogP contribution is 2.39. The van der Waals surface area contributed by atoms with Gasteiger partial charge >= 0.3 is 12.1 Å². The number of ketones is 1. The van der Waals surface area contributed by atoms with Crippen molar-refractivity contribution in [2.24, 2.45) is 0 Å². The summed E-state index contributed by atoms with van der Waals surface area (Å²) >= 11 is 0. The predicted molar refractivity (Wildman–Crippen MR) is 131 cm³/mol. The van der Waals surface area contributed by atoms with Crippen molar-refractivity contribution in [3.63, 3.8) is 0 Å². The lowest BCUT2D eigenvalue weighted by atomic mass is 9.93. The smallest absolute Gasteiger partial charge is 0.416 e. The molecule has 0 amide bonds. The summed E-state index contributed by atoms with van der Waals surface area (Å²) in [5, 5.41) is 11.0. The van der Waals surface area contributed by atoms with Gasteiger partial charge in [-0.2, -0.15) is 13.2 Å². The quantitative estimate of drug-likeness (QED) is 0.273. The van der Waals surface area contributed by atoms with Crippen LogP contribution in [0.15, 0.2) is 53.3 Å². The van der Waals surface area contributed by atoms with Crippen LogP contribution in [0, 0.1) is 0 Å². The summed E-state index contributed by atoms with van der Waals surface area (Å²) in [4.78, 5) is 43.9. The summed E-state index contributed by atoms with van der Waals surface area (Å²) in [7, 11) is 1.46. The molecule has 1 unspecified atom stereocenters. The van der Waals surface area contributed by atoms with E-state index in [1.165, 1.54) is 11.7 Å². The minimum atomic E-state index is -4.56. The predicted octanol–water partition coefficient (Wildman–Crippen LogP) is 4.16. The van der Waals surface area contributed by atoms with Crippen molar-refractivity contribution in [3.8, 4) is 17.1 Å². The maximum atomic E-state index is 13.9. The molecule has 2 aromatic heterocycles.